The van der Waals surface area contributed by atoms with E-state index in [0.717, 1.165) is 16.6 Å². The zero-order valence-electron chi connectivity index (χ0n) is 10.2. The molecule has 1 nitrogen and oxygen atoms in total. The molecule has 94 valence electrons. The first-order valence-corrected chi connectivity index (χ1v) is 6.75. The fourth-order valence-electron chi connectivity index (χ4n) is 2.01. The zero-order valence-corrected chi connectivity index (χ0v) is 11.7. The molecule has 1 N–H and O–H groups in total. The number of nitrogens with one attached hydrogen (secondary N) is 1. The Hall–Kier alpha value is -1.19. The van der Waals surface area contributed by atoms with Gasteiger partial charge in [-0.25, -0.2) is 4.39 Å². The Morgan fingerprint density at radius 2 is 1.67 bits per heavy atom. The van der Waals surface area contributed by atoms with E-state index in [4.69, 9.17) is 0 Å². The molecule has 0 saturated carbocycles. The van der Waals surface area contributed by atoms with E-state index < -0.39 is 0 Å². The Labute approximate surface area is 115 Å². The summed E-state index contributed by atoms with van der Waals surface area (Å²) in [6.45, 7) is 2.80. The standard InChI is InChI=1S/C15H15BrFN/c1-2-18-15(11-7-3-5-9-13(11)16)12-8-4-6-10-14(12)17/h3-10,15,18H,2H2,1H3. The minimum absolute atomic E-state index is 0.133. The van der Waals surface area contributed by atoms with Crippen LogP contribution in [0.3, 0.4) is 0 Å². The van der Waals surface area contributed by atoms with Crippen molar-refractivity contribution < 1.29 is 4.39 Å². The number of hydrogen-bond acceptors (Lipinski definition) is 1. The van der Waals surface area contributed by atoms with Crippen molar-refractivity contribution in [3.8, 4) is 0 Å². The van der Waals surface area contributed by atoms with Crippen molar-refractivity contribution in [3.63, 3.8) is 0 Å². The van der Waals surface area contributed by atoms with Crippen molar-refractivity contribution in [2.24, 2.45) is 0 Å². The third-order valence-corrected chi connectivity index (χ3v) is 3.56. The molecule has 0 amide bonds. The molecule has 0 radical (unpaired) electrons. The highest BCUT2D eigenvalue weighted by Gasteiger charge is 2.18. The molecule has 18 heavy (non-hydrogen) atoms. The quantitative estimate of drug-likeness (QED) is 0.888. The molecule has 1 unspecified atom stereocenters. The second-order valence-corrected chi connectivity index (χ2v) is 4.89. The van der Waals surface area contributed by atoms with E-state index in [0.29, 0.717) is 5.56 Å². The van der Waals surface area contributed by atoms with E-state index >= 15 is 0 Å². The van der Waals surface area contributed by atoms with E-state index in [2.05, 4.69) is 21.2 Å². The van der Waals surface area contributed by atoms with Crippen LogP contribution in [0.2, 0.25) is 0 Å². The third-order valence-electron chi connectivity index (χ3n) is 2.84. The highest BCUT2D eigenvalue weighted by atomic mass is 79.9. The van der Waals surface area contributed by atoms with E-state index in [9.17, 15) is 4.39 Å². The summed E-state index contributed by atoms with van der Waals surface area (Å²) in [7, 11) is 0. The minimum atomic E-state index is -0.181. The van der Waals surface area contributed by atoms with Gasteiger partial charge in [0.1, 0.15) is 5.82 Å². The smallest absolute Gasteiger partial charge is 0.128 e. The Kier molecular flexibility index (Phi) is 4.50. The molecule has 2 aromatic rings. The van der Waals surface area contributed by atoms with Crippen molar-refractivity contribution in [2.45, 2.75) is 13.0 Å². The van der Waals surface area contributed by atoms with E-state index in [1.54, 1.807) is 6.07 Å². The van der Waals surface area contributed by atoms with Crippen LogP contribution in [-0.4, -0.2) is 6.54 Å². The molecule has 1 atom stereocenters. The lowest BCUT2D eigenvalue weighted by molar-refractivity contribution is 0.558. The SMILES string of the molecule is CCNC(c1ccccc1F)c1ccccc1Br. The third kappa shape index (κ3) is 2.79. The predicted molar refractivity (Wildman–Crippen MR) is 76.1 cm³/mol. The van der Waals surface area contributed by atoms with Crippen LogP contribution in [0.15, 0.2) is 53.0 Å². The van der Waals surface area contributed by atoms with Crippen LogP contribution in [0.5, 0.6) is 0 Å². The van der Waals surface area contributed by atoms with Crippen molar-refractivity contribution in [2.75, 3.05) is 6.54 Å². The molecule has 3 heteroatoms. The Morgan fingerprint density at radius 3 is 2.28 bits per heavy atom. The molecule has 0 heterocycles. The normalized spacial score (nSPS) is 12.4. The fourth-order valence-corrected chi connectivity index (χ4v) is 2.52. The molecule has 0 aliphatic rings. The topological polar surface area (TPSA) is 12.0 Å². The molecule has 0 aliphatic carbocycles. The van der Waals surface area contributed by atoms with Crippen molar-refractivity contribution in [3.05, 3.63) is 69.9 Å². The minimum Gasteiger partial charge on any atom is -0.306 e. The molecule has 0 saturated heterocycles. The molecular formula is C15H15BrFN. The fraction of sp³-hybridized carbons (Fsp3) is 0.200. The summed E-state index contributed by atoms with van der Waals surface area (Å²) in [6, 6.07) is 14.7. The lowest BCUT2D eigenvalue weighted by atomic mass is 9.98. The number of rotatable bonds is 4. The van der Waals surface area contributed by atoms with Crippen LogP contribution in [0.1, 0.15) is 24.1 Å². The second-order valence-electron chi connectivity index (χ2n) is 4.03. The summed E-state index contributed by atoms with van der Waals surface area (Å²) in [5.41, 5.74) is 1.72. The number of halogens is 2. The highest BCUT2D eigenvalue weighted by Crippen LogP contribution is 2.29. The van der Waals surface area contributed by atoms with Crippen molar-refractivity contribution >= 4 is 15.9 Å². The molecule has 0 spiro atoms. The van der Waals surface area contributed by atoms with Crippen molar-refractivity contribution in [1.29, 1.82) is 0 Å². The first-order valence-electron chi connectivity index (χ1n) is 5.96. The van der Waals surface area contributed by atoms with E-state index in [1.165, 1.54) is 6.07 Å². The van der Waals surface area contributed by atoms with E-state index in [1.807, 2.05) is 43.3 Å². The molecule has 2 aromatic carbocycles. The van der Waals surface area contributed by atoms with Gasteiger partial charge in [-0.3, -0.25) is 0 Å². The van der Waals surface area contributed by atoms with Gasteiger partial charge >= 0.3 is 0 Å². The molecule has 0 fully saturated rings. The number of benzene rings is 2. The van der Waals surface area contributed by atoms with Gasteiger partial charge in [-0.15, -0.1) is 0 Å². The van der Waals surface area contributed by atoms with Gasteiger partial charge in [-0.2, -0.15) is 0 Å². The number of hydrogen-bond donors (Lipinski definition) is 1. The van der Waals surface area contributed by atoms with Gasteiger partial charge in [0.15, 0.2) is 0 Å². The van der Waals surface area contributed by atoms with Gasteiger partial charge in [0.2, 0.25) is 0 Å². The van der Waals surface area contributed by atoms with Crippen molar-refractivity contribution in [1.82, 2.24) is 5.32 Å². The average molecular weight is 308 g/mol. The highest BCUT2D eigenvalue weighted by molar-refractivity contribution is 9.10. The van der Waals surface area contributed by atoms with Crippen LogP contribution in [0.4, 0.5) is 4.39 Å². The van der Waals surface area contributed by atoms with Gasteiger partial charge in [-0.1, -0.05) is 59.3 Å². The van der Waals surface area contributed by atoms with E-state index in [-0.39, 0.29) is 11.9 Å². The van der Waals surface area contributed by atoms with Gasteiger partial charge < -0.3 is 5.32 Å². The second kappa shape index (κ2) is 6.12. The molecule has 0 aromatic heterocycles. The largest absolute Gasteiger partial charge is 0.306 e. The van der Waals surface area contributed by atoms with Crippen LogP contribution in [0, 0.1) is 5.82 Å². The molecule has 0 bridgehead atoms. The molecule has 0 aliphatic heterocycles. The van der Waals surface area contributed by atoms with Gasteiger partial charge in [0, 0.05) is 10.0 Å². The van der Waals surface area contributed by atoms with Gasteiger partial charge in [0.25, 0.3) is 0 Å². The average Bonchev–Trinajstić information content (AvgIpc) is 2.38. The summed E-state index contributed by atoms with van der Waals surface area (Å²) in [6.07, 6.45) is 0. The van der Waals surface area contributed by atoms with Crippen LogP contribution in [0.25, 0.3) is 0 Å². The Bertz CT molecular complexity index is 482. The van der Waals surface area contributed by atoms with Crippen LogP contribution >= 0.6 is 15.9 Å². The summed E-state index contributed by atoms with van der Waals surface area (Å²) in [5, 5.41) is 3.33. The Balaban J connectivity index is 2.47. The first kappa shape index (κ1) is 13.2. The van der Waals surface area contributed by atoms with Gasteiger partial charge in [0.05, 0.1) is 6.04 Å². The molecule has 2 rings (SSSR count). The Morgan fingerprint density at radius 1 is 1.06 bits per heavy atom. The van der Waals surface area contributed by atoms with Crippen LogP contribution in [-0.2, 0) is 0 Å². The lowest BCUT2D eigenvalue weighted by Gasteiger charge is -2.20. The summed E-state index contributed by atoms with van der Waals surface area (Å²) < 4.78 is 14.9. The molecular weight excluding hydrogens is 293 g/mol. The summed E-state index contributed by atoms with van der Waals surface area (Å²) in [5.74, 6) is -0.181. The van der Waals surface area contributed by atoms with Crippen LogP contribution < -0.4 is 5.32 Å². The van der Waals surface area contributed by atoms with Gasteiger partial charge in [-0.05, 0) is 24.2 Å². The summed E-state index contributed by atoms with van der Waals surface area (Å²) >= 11 is 3.53. The first-order chi connectivity index (χ1) is 8.74. The maximum Gasteiger partial charge on any atom is 0.128 e. The maximum absolute atomic E-state index is 13.9. The monoisotopic (exact) mass is 307 g/mol. The summed E-state index contributed by atoms with van der Waals surface area (Å²) in [4.78, 5) is 0. The zero-order chi connectivity index (χ0) is 13.0. The predicted octanol–water partition coefficient (Wildman–Crippen LogP) is 4.29. The maximum atomic E-state index is 13.9. The lowest BCUT2D eigenvalue weighted by Crippen LogP contribution is -2.23.